The Morgan fingerprint density at radius 2 is 2.17 bits per heavy atom. The molecule has 0 bridgehead atoms. The molecule has 1 aromatic heterocycles. The van der Waals surface area contributed by atoms with Crippen molar-refractivity contribution in [3.8, 4) is 5.75 Å². The highest BCUT2D eigenvalue weighted by atomic mass is 16.5. The molecule has 1 aromatic carbocycles. The minimum absolute atomic E-state index is 0.0371. The molecule has 2 amide bonds. The highest BCUT2D eigenvalue weighted by molar-refractivity contribution is 5.98. The predicted octanol–water partition coefficient (Wildman–Crippen LogP) is 1.89. The summed E-state index contributed by atoms with van der Waals surface area (Å²) in [6.07, 6.45) is 6.21. The Bertz CT molecular complexity index is 909. The van der Waals surface area contributed by atoms with Crippen LogP contribution in [0.4, 0.5) is 11.4 Å². The molecule has 2 atom stereocenters. The van der Waals surface area contributed by atoms with Crippen molar-refractivity contribution in [3.63, 3.8) is 0 Å². The van der Waals surface area contributed by atoms with Crippen molar-refractivity contribution in [1.29, 1.82) is 0 Å². The zero-order valence-corrected chi connectivity index (χ0v) is 16.9. The fourth-order valence-corrected chi connectivity index (χ4v) is 4.21. The summed E-state index contributed by atoms with van der Waals surface area (Å²) >= 11 is 0. The fraction of sp³-hybridized carbons (Fsp3) is 0.476. The number of rotatable bonds is 5. The molecule has 3 heterocycles. The molecule has 2 fully saturated rings. The number of ether oxygens (including phenoxy) is 1. The summed E-state index contributed by atoms with van der Waals surface area (Å²) in [6.45, 7) is 2.04. The van der Waals surface area contributed by atoms with E-state index in [0.29, 0.717) is 36.6 Å². The predicted molar refractivity (Wildman–Crippen MR) is 110 cm³/mol. The number of hydrogen-bond acceptors (Lipinski definition) is 5. The number of amides is 2. The number of aryl methyl sites for hydroxylation is 1. The molecule has 2 aromatic rings. The number of hydrogen-bond donors (Lipinski definition) is 2. The highest BCUT2D eigenvalue weighted by Gasteiger charge is 2.35. The van der Waals surface area contributed by atoms with Crippen LogP contribution in [0.5, 0.6) is 5.75 Å². The van der Waals surface area contributed by atoms with Gasteiger partial charge in [0.25, 0.3) is 0 Å². The molecule has 154 valence electrons. The maximum absolute atomic E-state index is 13.0. The lowest BCUT2D eigenvalue weighted by molar-refractivity contribution is -0.120. The van der Waals surface area contributed by atoms with E-state index in [9.17, 15) is 9.59 Å². The van der Waals surface area contributed by atoms with Gasteiger partial charge in [0.15, 0.2) is 0 Å². The van der Waals surface area contributed by atoms with E-state index in [4.69, 9.17) is 4.74 Å². The van der Waals surface area contributed by atoms with Crippen molar-refractivity contribution in [2.24, 2.45) is 13.0 Å². The Morgan fingerprint density at radius 3 is 2.90 bits per heavy atom. The van der Waals surface area contributed by atoms with E-state index < -0.39 is 0 Å². The zero-order chi connectivity index (χ0) is 20.4. The van der Waals surface area contributed by atoms with E-state index in [0.717, 1.165) is 24.9 Å². The summed E-state index contributed by atoms with van der Waals surface area (Å²) in [7, 11) is 3.47. The number of nitrogens with one attached hydrogen (secondary N) is 2. The Labute approximate surface area is 170 Å². The summed E-state index contributed by atoms with van der Waals surface area (Å²) in [6, 6.07) is 5.45. The van der Waals surface area contributed by atoms with Gasteiger partial charge in [-0.15, -0.1) is 0 Å². The largest absolute Gasteiger partial charge is 0.495 e. The lowest BCUT2D eigenvalue weighted by Crippen LogP contribution is -2.35. The van der Waals surface area contributed by atoms with E-state index >= 15 is 0 Å². The number of carbonyl (C=O) groups excluding carboxylic acids is 2. The van der Waals surface area contributed by atoms with E-state index in [1.807, 2.05) is 31.6 Å². The monoisotopic (exact) mass is 397 g/mol. The third kappa shape index (κ3) is 3.98. The van der Waals surface area contributed by atoms with Gasteiger partial charge >= 0.3 is 0 Å². The van der Waals surface area contributed by atoms with Crippen LogP contribution in [0.25, 0.3) is 0 Å². The Hall–Kier alpha value is -2.87. The molecular formula is C21H27N5O3. The highest BCUT2D eigenvalue weighted by Crippen LogP contribution is 2.34. The molecule has 8 heteroatoms. The Morgan fingerprint density at radius 1 is 1.31 bits per heavy atom. The smallest absolute Gasteiger partial charge is 0.229 e. The molecule has 8 nitrogen and oxygen atoms in total. The van der Waals surface area contributed by atoms with Crippen LogP contribution >= 0.6 is 0 Å². The van der Waals surface area contributed by atoms with Crippen LogP contribution < -0.4 is 20.3 Å². The first-order valence-corrected chi connectivity index (χ1v) is 10.1. The quantitative estimate of drug-likeness (QED) is 0.804. The molecule has 2 saturated heterocycles. The number of benzene rings is 1. The van der Waals surface area contributed by atoms with Crippen LogP contribution in [-0.4, -0.2) is 48.3 Å². The molecule has 0 unspecified atom stereocenters. The van der Waals surface area contributed by atoms with Crippen molar-refractivity contribution in [2.45, 2.75) is 25.2 Å². The molecule has 0 saturated carbocycles. The van der Waals surface area contributed by atoms with Crippen molar-refractivity contribution < 1.29 is 14.3 Å². The molecule has 2 aliphatic rings. The number of carbonyl (C=O) groups is 2. The standard InChI is InChI=1S/C21H27N5O3/c1-25-13-14(10-23-25)16-11-22-12-17(16)21(28)24-15-6-7-19(29-2)18(9-15)26-8-4-3-5-20(26)27/h6-7,9-10,13,16-17,22H,3-5,8,11-12H2,1-2H3,(H,24,28)/t16-,17+/m1/s1. The van der Waals surface area contributed by atoms with Crippen molar-refractivity contribution in [3.05, 3.63) is 36.2 Å². The SMILES string of the molecule is COc1ccc(NC(=O)[C@H]2CNC[C@@H]2c2cnn(C)c2)cc1N1CCCCC1=O. The van der Waals surface area contributed by atoms with Gasteiger partial charge in [0.2, 0.25) is 11.8 Å². The Balaban J connectivity index is 1.53. The molecule has 29 heavy (non-hydrogen) atoms. The van der Waals surface area contributed by atoms with E-state index in [-0.39, 0.29) is 23.7 Å². The third-order valence-electron chi connectivity index (χ3n) is 5.76. The number of anilines is 2. The van der Waals surface area contributed by atoms with Crippen molar-refractivity contribution in [2.75, 3.05) is 37.0 Å². The van der Waals surface area contributed by atoms with Crippen LogP contribution in [0.1, 0.15) is 30.7 Å². The summed E-state index contributed by atoms with van der Waals surface area (Å²) in [4.78, 5) is 27.2. The number of nitrogens with zero attached hydrogens (tertiary/aromatic N) is 3. The second-order valence-electron chi connectivity index (χ2n) is 7.70. The van der Waals surface area contributed by atoms with Gasteiger partial charge in [0.1, 0.15) is 5.75 Å². The van der Waals surface area contributed by atoms with Gasteiger partial charge in [-0.25, -0.2) is 0 Å². The average Bonchev–Trinajstić information content (AvgIpc) is 3.37. The maximum atomic E-state index is 13.0. The third-order valence-corrected chi connectivity index (χ3v) is 5.76. The number of aromatic nitrogens is 2. The topological polar surface area (TPSA) is 88.5 Å². The van der Waals surface area contributed by atoms with Gasteiger partial charge in [-0.1, -0.05) is 0 Å². The van der Waals surface area contributed by atoms with Gasteiger partial charge in [-0.05, 0) is 36.6 Å². The number of methoxy groups -OCH3 is 1. The first-order chi connectivity index (χ1) is 14.1. The maximum Gasteiger partial charge on any atom is 0.229 e. The second-order valence-corrected chi connectivity index (χ2v) is 7.70. The van der Waals surface area contributed by atoms with E-state index in [2.05, 4.69) is 15.7 Å². The van der Waals surface area contributed by atoms with Crippen LogP contribution in [0.3, 0.4) is 0 Å². The normalized spacial score (nSPS) is 22.0. The lowest BCUT2D eigenvalue weighted by Gasteiger charge is -2.28. The lowest BCUT2D eigenvalue weighted by atomic mass is 9.90. The van der Waals surface area contributed by atoms with Gasteiger partial charge in [0.05, 0.1) is 24.9 Å². The minimum Gasteiger partial charge on any atom is -0.495 e. The summed E-state index contributed by atoms with van der Waals surface area (Å²) < 4.78 is 7.22. The van der Waals surface area contributed by atoms with E-state index in [1.54, 1.807) is 22.8 Å². The minimum atomic E-state index is -0.179. The van der Waals surface area contributed by atoms with Crippen LogP contribution in [0, 0.1) is 5.92 Å². The summed E-state index contributed by atoms with van der Waals surface area (Å²) in [5, 5.41) is 10.6. The molecular weight excluding hydrogens is 370 g/mol. The number of piperidine rings is 1. The van der Waals surface area contributed by atoms with Crippen molar-refractivity contribution >= 4 is 23.2 Å². The molecule has 2 aliphatic heterocycles. The fourth-order valence-electron chi connectivity index (χ4n) is 4.21. The van der Waals surface area contributed by atoms with E-state index in [1.165, 1.54) is 0 Å². The molecule has 2 N–H and O–H groups in total. The molecule has 0 radical (unpaired) electrons. The van der Waals surface area contributed by atoms with Gasteiger partial charge in [-0.2, -0.15) is 5.10 Å². The molecule has 4 rings (SSSR count). The van der Waals surface area contributed by atoms with Gasteiger partial charge in [-0.3, -0.25) is 14.3 Å². The van der Waals surface area contributed by atoms with Crippen LogP contribution in [0.15, 0.2) is 30.6 Å². The first-order valence-electron chi connectivity index (χ1n) is 10.1. The van der Waals surface area contributed by atoms with Crippen LogP contribution in [0.2, 0.25) is 0 Å². The van der Waals surface area contributed by atoms with Gasteiger partial charge < -0.3 is 20.3 Å². The summed E-state index contributed by atoms with van der Waals surface area (Å²) in [5.74, 6) is 0.597. The van der Waals surface area contributed by atoms with Crippen molar-refractivity contribution in [1.82, 2.24) is 15.1 Å². The average molecular weight is 397 g/mol. The second kappa shape index (κ2) is 8.24. The first kappa shape index (κ1) is 19.4. The molecule has 0 aliphatic carbocycles. The van der Waals surface area contributed by atoms with Crippen LogP contribution in [-0.2, 0) is 16.6 Å². The molecule has 0 spiro atoms. The zero-order valence-electron chi connectivity index (χ0n) is 16.9. The summed E-state index contributed by atoms with van der Waals surface area (Å²) in [5.41, 5.74) is 2.44. The Kier molecular flexibility index (Phi) is 5.53. The van der Waals surface area contributed by atoms with Gasteiger partial charge in [0, 0.05) is 50.9 Å².